The van der Waals surface area contributed by atoms with Gasteiger partial charge in [-0.1, -0.05) is 31.2 Å². The van der Waals surface area contributed by atoms with Gasteiger partial charge in [0.05, 0.1) is 25.3 Å². The number of halogens is 1. The van der Waals surface area contributed by atoms with E-state index in [1.54, 1.807) is 29.9 Å². The quantitative estimate of drug-likeness (QED) is 0.576. The predicted octanol–water partition coefficient (Wildman–Crippen LogP) is 3.79. The lowest BCUT2D eigenvalue weighted by Crippen LogP contribution is -2.48. The molecule has 1 aliphatic rings. The second-order valence-corrected chi connectivity index (χ2v) is 8.75. The van der Waals surface area contributed by atoms with Gasteiger partial charge in [-0.15, -0.1) is 0 Å². The topological polar surface area (TPSA) is 57.9 Å². The fourth-order valence-corrected chi connectivity index (χ4v) is 4.68. The van der Waals surface area contributed by atoms with E-state index in [0.29, 0.717) is 17.8 Å². The Labute approximate surface area is 199 Å². The molecule has 1 N–H and O–H groups in total. The minimum atomic E-state index is -0.463. The number of hydrogen-bond donors (Lipinski definition) is 1. The zero-order valence-electron chi connectivity index (χ0n) is 20.0. The Morgan fingerprint density at radius 2 is 1.68 bits per heavy atom. The molecule has 1 aromatic heterocycles. The van der Waals surface area contributed by atoms with Crippen molar-refractivity contribution >= 4 is 0 Å². The Morgan fingerprint density at radius 1 is 1.03 bits per heavy atom. The normalized spacial score (nSPS) is 15.9. The first-order chi connectivity index (χ1) is 16.4. The maximum Gasteiger partial charge on any atom is 0.259 e. The van der Waals surface area contributed by atoms with Gasteiger partial charge in [0.15, 0.2) is 0 Å². The molecule has 6 nitrogen and oxygen atoms in total. The van der Waals surface area contributed by atoms with Crippen molar-refractivity contribution < 1.29 is 14.2 Å². The van der Waals surface area contributed by atoms with Crippen LogP contribution in [-0.4, -0.2) is 59.3 Å². The van der Waals surface area contributed by atoms with Crippen molar-refractivity contribution in [2.24, 2.45) is 0 Å². The Morgan fingerprint density at radius 3 is 2.26 bits per heavy atom. The number of benzene rings is 2. The molecule has 1 saturated heterocycles. The Balaban J connectivity index is 1.78. The Kier molecular flexibility index (Phi) is 7.34. The van der Waals surface area contributed by atoms with Crippen LogP contribution in [-0.2, 0) is 6.54 Å². The van der Waals surface area contributed by atoms with Crippen molar-refractivity contribution in [3.8, 4) is 11.5 Å². The van der Waals surface area contributed by atoms with E-state index in [0.717, 1.165) is 49.6 Å². The molecule has 180 valence electrons. The van der Waals surface area contributed by atoms with Crippen LogP contribution in [0.1, 0.15) is 35.3 Å². The number of ether oxygens (including phenoxy) is 1. The lowest BCUT2D eigenvalue weighted by Gasteiger charge is -2.39. The van der Waals surface area contributed by atoms with E-state index in [4.69, 9.17) is 4.74 Å². The second kappa shape index (κ2) is 10.4. The van der Waals surface area contributed by atoms with E-state index >= 15 is 0 Å². The third-order valence-electron chi connectivity index (χ3n) is 6.70. The zero-order chi connectivity index (χ0) is 24.2. The number of rotatable bonds is 7. The smallest absolute Gasteiger partial charge is 0.259 e. The molecule has 1 aliphatic heterocycles. The van der Waals surface area contributed by atoms with E-state index < -0.39 is 6.04 Å². The van der Waals surface area contributed by atoms with Gasteiger partial charge in [-0.25, -0.2) is 4.39 Å². The van der Waals surface area contributed by atoms with Gasteiger partial charge in [0.2, 0.25) is 0 Å². The number of aromatic nitrogens is 1. The SMILES string of the molecule is CCN1CCN(C(c2ccc(F)cc2)c2c(O)cc(C)n(Cc3ccc(OC)cc3)c2=O)CC1. The molecule has 0 saturated carbocycles. The summed E-state index contributed by atoms with van der Waals surface area (Å²) in [5.74, 6) is 0.394. The zero-order valence-corrected chi connectivity index (χ0v) is 20.0. The standard InChI is InChI=1S/C27H32FN3O3/c1-4-29-13-15-30(16-14-29)26(21-7-9-22(28)10-8-21)25-24(32)17-19(2)31(27(25)33)18-20-5-11-23(34-3)12-6-20/h5-12,17,26,32H,4,13-16,18H2,1-3H3. The molecule has 2 heterocycles. The Hall–Kier alpha value is -3.16. The van der Waals surface area contributed by atoms with Gasteiger partial charge in [0, 0.05) is 31.9 Å². The van der Waals surface area contributed by atoms with Gasteiger partial charge in [0.1, 0.15) is 17.3 Å². The summed E-state index contributed by atoms with van der Waals surface area (Å²) in [7, 11) is 1.62. The first-order valence-corrected chi connectivity index (χ1v) is 11.7. The fourth-order valence-electron chi connectivity index (χ4n) is 4.68. The van der Waals surface area contributed by atoms with E-state index in [-0.39, 0.29) is 17.1 Å². The van der Waals surface area contributed by atoms with Crippen LogP contribution in [0, 0.1) is 12.7 Å². The maximum atomic E-state index is 13.9. The molecule has 4 rings (SSSR count). The van der Waals surface area contributed by atoms with Crippen molar-refractivity contribution in [2.45, 2.75) is 26.4 Å². The molecular formula is C27H32FN3O3. The van der Waals surface area contributed by atoms with Gasteiger partial charge in [-0.05, 0) is 54.9 Å². The van der Waals surface area contributed by atoms with Crippen molar-refractivity contribution in [1.29, 1.82) is 0 Å². The lowest BCUT2D eigenvalue weighted by molar-refractivity contribution is 0.111. The molecule has 0 aliphatic carbocycles. The van der Waals surface area contributed by atoms with Crippen LogP contribution < -0.4 is 10.3 Å². The van der Waals surface area contributed by atoms with Crippen molar-refractivity contribution in [3.63, 3.8) is 0 Å². The monoisotopic (exact) mass is 465 g/mol. The molecule has 2 aromatic carbocycles. The average molecular weight is 466 g/mol. The number of piperazine rings is 1. The number of hydrogen-bond acceptors (Lipinski definition) is 5. The summed E-state index contributed by atoms with van der Waals surface area (Å²) >= 11 is 0. The third kappa shape index (κ3) is 5.00. The van der Waals surface area contributed by atoms with Crippen molar-refractivity contribution in [1.82, 2.24) is 14.4 Å². The minimum absolute atomic E-state index is 0.0271. The minimum Gasteiger partial charge on any atom is -0.507 e. The highest BCUT2D eigenvalue weighted by molar-refractivity contribution is 5.41. The summed E-state index contributed by atoms with van der Waals surface area (Å²) in [4.78, 5) is 18.4. The molecule has 1 unspecified atom stereocenters. The molecular weight excluding hydrogens is 433 g/mol. The van der Waals surface area contributed by atoms with Crippen molar-refractivity contribution in [3.05, 3.63) is 93.2 Å². The van der Waals surface area contributed by atoms with Gasteiger partial charge in [-0.3, -0.25) is 9.69 Å². The van der Waals surface area contributed by atoms with Crippen LogP contribution in [0.4, 0.5) is 4.39 Å². The van der Waals surface area contributed by atoms with E-state index in [2.05, 4.69) is 16.7 Å². The van der Waals surface area contributed by atoms with Gasteiger partial charge in [-0.2, -0.15) is 0 Å². The van der Waals surface area contributed by atoms with Crippen LogP contribution in [0.5, 0.6) is 11.5 Å². The van der Waals surface area contributed by atoms with Crippen LogP contribution >= 0.6 is 0 Å². The summed E-state index contributed by atoms with van der Waals surface area (Å²) in [5, 5.41) is 11.0. The lowest BCUT2D eigenvalue weighted by atomic mass is 9.95. The number of likely N-dealkylation sites (N-methyl/N-ethyl adjacent to an activating group) is 1. The van der Waals surface area contributed by atoms with Crippen LogP contribution in [0.15, 0.2) is 59.4 Å². The molecule has 0 radical (unpaired) electrons. The molecule has 0 bridgehead atoms. The van der Waals surface area contributed by atoms with Crippen LogP contribution in [0.2, 0.25) is 0 Å². The number of methoxy groups -OCH3 is 1. The van der Waals surface area contributed by atoms with E-state index in [9.17, 15) is 14.3 Å². The van der Waals surface area contributed by atoms with E-state index in [1.165, 1.54) is 12.1 Å². The molecule has 1 atom stereocenters. The maximum absolute atomic E-state index is 13.9. The second-order valence-electron chi connectivity index (χ2n) is 8.75. The first kappa shape index (κ1) is 24.0. The highest BCUT2D eigenvalue weighted by Gasteiger charge is 2.31. The van der Waals surface area contributed by atoms with Gasteiger partial charge in [0.25, 0.3) is 5.56 Å². The van der Waals surface area contributed by atoms with E-state index in [1.807, 2.05) is 31.2 Å². The summed E-state index contributed by atoms with van der Waals surface area (Å²) < 4.78 is 20.6. The highest BCUT2D eigenvalue weighted by atomic mass is 19.1. The highest BCUT2D eigenvalue weighted by Crippen LogP contribution is 2.33. The molecule has 7 heteroatoms. The fraction of sp³-hybridized carbons (Fsp3) is 0.370. The number of nitrogens with zero attached hydrogens (tertiary/aromatic N) is 3. The number of pyridine rings is 1. The summed E-state index contributed by atoms with van der Waals surface area (Å²) in [6, 6.07) is 15.0. The summed E-state index contributed by atoms with van der Waals surface area (Å²) in [5.41, 5.74) is 2.52. The van der Waals surface area contributed by atoms with Gasteiger partial charge >= 0.3 is 0 Å². The Bertz CT molecular complexity index is 1170. The van der Waals surface area contributed by atoms with Crippen LogP contribution in [0.25, 0.3) is 0 Å². The number of aromatic hydroxyl groups is 1. The third-order valence-corrected chi connectivity index (χ3v) is 6.70. The first-order valence-electron chi connectivity index (χ1n) is 11.7. The molecule has 0 amide bonds. The molecule has 0 spiro atoms. The molecule has 34 heavy (non-hydrogen) atoms. The van der Waals surface area contributed by atoms with Crippen LogP contribution in [0.3, 0.4) is 0 Å². The van der Waals surface area contributed by atoms with Crippen molar-refractivity contribution in [2.75, 3.05) is 39.8 Å². The summed E-state index contributed by atoms with van der Waals surface area (Å²) in [6.45, 7) is 8.56. The molecule has 1 fully saturated rings. The largest absolute Gasteiger partial charge is 0.507 e. The molecule has 3 aromatic rings. The summed E-state index contributed by atoms with van der Waals surface area (Å²) in [6.07, 6.45) is 0. The predicted molar refractivity (Wildman–Crippen MR) is 131 cm³/mol. The average Bonchev–Trinajstić information content (AvgIpc) is 2.85. The number of aryl methyl sites for hydroxylation is 1. The van der Waals surface area contributed by atoms with Gasteiger partial charge < -0.3 is 19.3 Å².